The van der Waals surface area contributed by atoms with Crippen molar-refractivity contribution in [2.45, 2.75) is 85.2 Å². The smallest absolute Gasteiger partial charge is 0.327 e. The lowest BCUT2D eigenvalue weighted by molar-refractivity contribution is -0.161. The van der Waals surface area contributed by atoms with E-state index < -0.39 is 57.4 Å². The summed E-state index contributed by atoms with van der Waals surface area (Å²) in [6.07, 6.45) is 0. The molecule has 4 saturated heterocycles. The molecule has 4 heterocycles. The van der Waals surface area contributed by atoms with Gasteiger partial charge in [-0.15, -0.1) is 23.5 Å². The quantitative estimate of drug-likeness (QED) is 0.0465. The Balaban J connectivity index is -0.000000979. The highest BCUT2D eigenvalue weighted by molar-refractivity contribution is 8.02. The largest absolute Gasteiger partial charge is 0.484 e. The van der Waals surface area contributed by atoms with Crippen molar-refractivity contribution in [1.29, 1.82) is 0 Å². The van der Waals surface area contributed by atoms with Crippen LogP contribution in [0.3, 0.4) is 0 Å². The van der Waals surface area contributed by atoms with Crippen molar-refractivity contribution >= 4 is 59.1 Å². The number of β-lactam (4-membered cyclic amide) rings is 2. The maximum Gasteiger partial charge on any atom is 0.327 e. The monoisotopic (exact) mass is 1080 g/mol. The molecule has 0 spiro atoms. The van der Waals surface area contributed by atoms with Gasteiger partial charge in [-0.05, 0) is 63.1 Å². The third-order valence-corrected chi connectivity index (χ3v) is 14.2. The molecule has 0 bridgehead atoms. The van der Waals surface area contributed by atoms with Crippen molar-refractivity contribution < 1.29 is 92.3 Å². The number of nitrogens with one attached hydrogen (secondary N) is 4. The molecule has 4 aromatic rings. The van der Waals surface area contributed by atoms with Crippen LogP contribution in [0.1, 0.15) is 38.8 Å². The van der Waals surface area contributed by atoms with Crippen LogP contribution in [0.5, 0.6) is 11.5 Å². The maximum absolute atomic E-state index is 12.2. The molecule has 22 N–H and O–H groups in total. The van der Waals surface area contributed by atoms with Crippen molar-refractivity contribution in [3.63, 3.8) is 0 Å². The number of ether oxygens (including phenoxy) is 2. The van der Waals surface area contributed by atoms with E-state index in [1.807, 2.05) is 24.3 Å². The van der Waals surface area contributed by atoms with Gasteiger partial charge in [0.2, 0.25) is 11.8 Å². The average Bonchev–Trinajstić information content (AvgIpc) is 3.73. The van der Waals surface area contributed by atoms with E-state index in [-0.39, 0.29) is 79.6 Å². The fraction of sp³-hybridized carbons (Fsp3) is 0.375. The van der Waals surface area contributed by atoms with Crippen LogP contribution in [-0.4, -0.2) is 170 Å². The first-order valence-corrected chi connectivity index (χ1v) is 23.2. The van der Waals surface area contributed by atoms with E-state index >= 15 is 0 Å². The van der Waals surface area contributed by atoms with E-state index in [1.54, 1.807) is 76.2 Å². The first kappa shape index (κ1) is 71.9. The molecule has 0 aliphatic carbocycles. The number of carboxylic acids is 2. The van der Waals surface area contributed by atoms with E-state index in [0.29, 0.717) is 11.5 Å². The Labute approximate surface area is 436 Å². The fourth-order valence-corrected chi connectivity index (χ4v) is 11.1. The number of carboxylic acid groups (broad SMARTS) is 2. The molecule has 4 aliphatic rings. The first-order chi connectivity index (χ1) is 31.6. The maximum atomic E-state index is 12.2. The molecular formula is C48H72N6O18S2. The molecule has 74 heavy (non-hydrogen) atoms. The summed E-state index contributed by atoms with van der Waals surface area (Å²) >= 11 is 2.78. The fourth-order valence-electron chi connectivity index (χ4n) is 7.89. The number of carbonyl (C=O) groups is 6. The van der Waals surface area contributed by atoms with Gasteiger partial charge in [0.15, 0.2) is 13.2 Å². The Morgan fingerprint density at radius 1 is 0.500 bits per heavy atom. The van der Waals surface area contributed by atoms with Gasteiger partial charge in [-0.1, -0.05) is 97.1 Å². The number of fused-ring (bicyclic) bond motifs is 2. The average molecular weight is 1090 g/mol. The standard InChI is InChI=1S/2C16H18N2O5S.C16H20N2.8H2O/c2*1-16(2)12(15(21)22)18-13(20)11(14(18)24-16)17-10(19)8-23-9-6-4-3-5-7-9;1-3-7-15(8-4-1)13-17-11-12-18-14-16-9-5-2-6-10-16;;;;;;;;/h2*3-7,11-12,14H,8H2,1-2H3,(H,17,19)(H,21,22);1-10,17-18H,11-14H2;8*1H2/t2*11-,12+,14-;;;;;;;;;/m11........./s1. The van der Waals surface area contributed by atoms with Crippen LogP contribution in [0.25, 0.3) is 0 Å². The van der Waals surface area contributed by atoms with Crippen molar-refractivity contribution in [2.75, 3.05) is 26.3 Å². The Morgan fingerprint density at radius 2 is 0.784 bits per heavy atom. The predicted octanol–water partition coefficient (Wildman–Crippen LogP) is -2.64. The molecule has 4 aliphatic heterocycles. The number of nitrogens with zero attached hydrogens (tertiary/aromatic N) is 2. The number of benzene rings is 4. The molecule has 4 amide bonds. The van der Waals surface area contributed by atoms with E-state index in [4.69, 9.17) is 9.47 Å². The number of amides is 4. The summed E-state index contributed by atoms with van der Waals surface area (Å²) < 4.78 is 9.48. The summed E-state index contributed by atoms with van der Waals surface area (Å²) in [6, 6.07) is 35.6. The second kappa shape index (κ2) is 32.7. The van der Waals surface area contributed by atoms with Gasteiger partial charge in [-0.3, -0.25) is 19.2 Å². The van der Waals surface area contributed by atoms with Gasteiger partial charge in [-0.25, -0.2) is 9.59 Å². The van der Waals surface area contributed by atoms with Crippen molar-refractivity contribution in [3.8, 4) is 11.5 Å². The molecule has 6 atom stereocenters. The molecule has 24 nitrogen and oxygen atoms in total. The second-order valence-corrected chi connectivity index (χ2v) is 20.4. The lowest BCUT2D eigenvalue weighted by Gasteiger charge is -2.43. The van der Waals surface area contributed by atoms with Crippen LogP contribution in [-0.2, 0) is 41.9 Å². The Hall–Kier alpha value is -6.40. The Bertz CT molecular complexity index is 2150. The zero-order chi connectivity index (χ0) is 47.4. The zero-order valence-corrected chi connectivity index (χ0v) is 42.8. The number of aliphatic carboxylic acids is 2. The van der Waals surface area contributed by atoms with E-state index in [9.17, 15) is 39.0 Å². The highest BCUT2D eigenvalue weighted by Crippen LogP contribution is 2.51. The summed E-state index contributed by atoms with van der Waals surface area (Å²) in [5.41, 5.74) is 2.67. The lowest BCUT2D eigenvalue weighted by Crippen LogP contribution is -2.70. The highest BCUT2D eigenvalue weighted by atomic mass is 32.2. The normalized spacial score (nSPS) is 20.2. The van der Waals surface area contributed by atoms with Crippen molar-refractivity contribution in [1.82, 2.24) is 31.1 Å². The van der Waals surface area contributed by atoms with Gasteiger partial charge in [0, 0.05) is 35.7 Å². The molecule has 0 radical (unpaired) electrons. The number of thioether (sulfide) groups is 2. The van der Waals surface area contributed by atoms with E-state index in [1.165, 1.54) is 44.5 Å². The van der Waals surface area contributed by atoms with Crippen LogP contribution in [0.2, 0.25) is 0 Å². The van der Waals surface area contributed by atoms with Crippen LogP contribution in [0.15, 0.2) is 121 Å². The van der Waals surface area contributed by atoms with Crippen LogP contribution < -0.4 is 30.7 Å². The summed E-state index contributed by atoms with van der Waals surface area (Å²) in [4.78, 5) is 74.0. The minimum absolute atomic E-state index is 0. The summed E-state index contributed by atoms with van der Waals surface area (Å²) in [5.74, 6) is -2.46. The molecule has 8 rings (SSSR count). The van der Waals surface area contributed by atoms with E-state index in [0.717, 1.165) is 26.2 Å². The predicted molar refractivity (Wildman–Crippen MR) is 280 cm³/mol. The Morgan fingerprint density at radius 3 is 1.07 bits per heavy atom. The number of rotatable bonds is 17. The SMILES string of the molecule is CC1(C)S[C@@H]2[C@H](NC(=O)COc3ccccc3)C(=O)N2[C@H]1C(=O)O.CC1(C)S[C@@H]2[C@H](NC(=O)COc3ccccc3)C(=O)N2[C@H]1C(=O)O.O.O.O.O.O.O.O.O.c1ccc(CNCCNCc2ccccc2)cc1. The number of para-hydroxylation sites is 2. The molecule has 26 heteroatoms. The molecular weight excluding hydrogens is 1010 g/mol. The van der Waals surface area contributed by atoms with Crippen LogP contribution in [0.4, 0.5) is 0 Å². The van der Waals surface area contributed by atoms with Gasteiger partial charge < -0.3 is 94.6 Å². The molecule has 414 valence electrons. The third kappa shape index (κ3) is 18.2. The number of carbonyl (C=O) groups excluding carboxylic acids is 4. The van der Waals surface area contributed by atoms with Crippen molar-refractivity contribution in [3.05, 3.63) is 132 Å². The molecule has 4 fully saturated rings. The Kier molecular flexibility index (Phi) is 31.8. The first-order valence-electron chi connectivity index (χ1n) is 21.5. The lowest BCUT2D eigenvalue weighted by atomic mass is 9.96. The van der Waals surface area contributed by atoms with Gasteiger partial charge in [0.1, 0.15) is 46.4 Å². The van der Waals surface area contributed by atoms with Crippen LogP contribution in [0, 0.1) is 0 Å². The van der Waals surface area contributed by atoms with E-state index in [2.05, 4.69) is 69.8 Å². The number of hydrogen-bond donors (Lipinski definition) is 6. The summed E-state index contributed by atoms with van der Waals surface area (Å²) in [7, 11) is 0. The summed E-state index contributed by atoms with van der Waals surface area (Å²) in [5, 5.41) is 30.1. The second-order valence-electron chi connectivity index (χ2n) is 16.8. The van der Waals surface area contributed by atoms with Gasteiger partial charge in [0.25, 0.3) is 11.8 Å². The van der Waals surface area contributed by atoms with Crippen molar-refractivity contribution in [2.24, 2.45) is 0 Å². The van der Waals surface area contributed by atoms with Gasteiger partial charge in [0.05, 0.1) is 0 Å². The molecule has 0 unspecified atom stereocenters. The molecule has 0 saturated carbocycles. The molecule has 0 aromatic heterocycles. The summed E-state index contributed by atoms with van der Waals surface area (Å²) in [6.45, 7) is 10.6. The minimum Gasteiger partial charge on any atom is -0.484 e. The van der Waals surface area contributed by atoms with Gasteiger partial charge >= 0.3 is 11.9 Å². The zero-order valence-electron chi connectivity index (χ0n) is 41.1. The molecule has 4 aromatic carbocycles. The van der Waals surface area contributed by atoms with Crippen LogP contribution >= 0.6 is 23.5 Å². The highest BCUT2D eigenvalue weighted by Gasteiger charge is 2.65. The minimum atomic E-state index is -1.03. The number of hydrogen-bond acceptors (Lipinski definition) is 12. The topological polar surface area (TPSA) is 468 Å². The van der Waals surface area contributed by atoms with Gasteiger partial charge in [-0.2, -0.15) is 0 Å². The third-order valence-electron chi connectivity index (χ3n) is 11.0.